The fourth-order valence-corrected chi connectivity index (χ4v) is 0.444. The molecule has 1 fully saturated rings. The van der Waals surface area contributed by atoms with Crippen LogP contribution in [0, 0.1) is 0 Å². The molecule has 0 N–H and O–H groups in total. The van der Waals surface area contributed by atoms with Gasteiger partial charge in [-0.25, -0.2) is 8.78 Å². The first-order chi connectivity index (χ1) is 2.71. The minimum absolute atomic E-state index is 0. The monoisotopic (exact) mass is 132 g/mol. The first-order valence-corrected chi connectivity index (χ1v) is 2.09. The Hall–Kier alpha value is 1.50. The third-order valence-electron chi connectivity index (χ3n) is 1.09. The van der Waals surface area contributed by atoms with E-state index in [0.29, 0.717) is 6.42 Å². The number of alkyl halides is 2. The van der Waals surface area contributed by atoms with Gasteiger partial charge in [0.1, 0.15) is 0 Å². The van der Waals surface area contributed by atoms with Crippen molar-refractivity contribution < 1.29 is 8.78 Å². The van der Waals surface area contributed by atoms with Crippen LogP contribution >= 0.6 is 0 Å². The molecule has 1 aliphatic carbocycles. The summed E-state index contributed by atoms with van der Waals surface area (Å²) in [7, 11) is 0. The molecule has 0 saturated heterocycles. The molecule has 0 nitrogen and oxygen atoms in total. The Morgan fingerprint density at radius 3 is 1.43 bits per heavy atom. The molecule has 0 aliphatic heterocycles. The number of hydrogen-bond acceptors (Lipinski definition) is 0. The van der Waals surface area contributed by atoms with Gasteiger partial charge in [0, 0.05) is 12.8 Å². The van der Waals surface area contributed by atoms with Crippen LogP contribution in [-0.2, 0) is 0 Å². The fraction of sp³-hybridized carbons (Fsp3) is 1.00. The summed E-state index contributed by atoms with van der Waals surface area (Å²) in [5.74, 6) is -2.28. The Morgan fingerprint density at radius 1 is 1.14 bits per heavy atom. The normalized spacial score (nSPS) is 24.9. The number of hydrogen-bond donors (Lipinski definition) is 0. The van der Waals surface area contributed by atoms with Crippen LogP contribution in [-0.4, -0.2) is 57.3 Å². The van der Waals surface area contributed by atoms with Crippen LogP contribution in [0.1, 0.15) is 19.3 Å². The molecule has 0 bridgehead atoms. The average Bonchev–Trinajstić information content (AvgIpc) is 1.32. The molecule has 1 saturated carbocycles. The van der Waals surface area contributed by atoms with Crippen molar-refractivity contribution in [3.8, 4) is 0 Å². The van der Waals surface area contributed by atoms with Crippen LogP contribution in [0.2, 0.25) is 0 Å². The SMILES string of the molecule is FC1(F)CCC1.[KH]. The Labute approximate surface area is 84.1 Å². The van der Waals surface area contributed by atoms with E-state index >= 15 is 0 Å². The quantitative estimate of drug-likeness (QED) is 0.434. The predicted octanol–water partition coefficient (Wildman–Crippen LogP) is 1.16. The second-order valence-corrected chi connectivity index (χ2v) is 1.71. The van der Waals surface area contributed by atoms with Gasteiger partial charge in [-0.15, -0.1) is 0 Å². The second-order valence-electron chi connectivity index (χ2n) is 1.71. The summed E-state index contributed by atoms with van der Waals surface area (Å²) in [6.45, 7) is 0. The van der Waals surface area contributed by atoms with Crippen molar-refractivity contribution in [2.75, 3.05) is 0 Å². The van der Waals surface area contributed by atoms with Crippen LogP contribution in [0.3, 0.4) is 0 Å². The molecule has 7 heavy (non-hydrogen) atoms. The topological polar surface area (TPSA) is 0 Å². The first kappa shape index (κ1) is 8.50. The van der Waals surface area contributed by atoms with Crippen LogP contribution in [0.25, 0.3) is 0 Å². The van der Waals surface area contributed by atoms with E-state index in [1.165, 1.54) is 0 Å². The van der Waals surface area contributed by atoms with Crippen molar-refractivity contribution in [1.29, 1.82) is 0 Å². The van der Waals surface area contributed by atoms with E-state index in [-0.39, 0.29) is 64.2 Å². The molecule has 0 aromatic carbocycles. The second kappa shape index (κ2) is 2.87. The summed E-state index contributed by atoms with van der Waals surface area (Å²) in [6, 6.07) is 0. The molecule has 0 spiro atoms. The number of halogens is 2. The molecule has 0 unspecified atom stereocenters. The van der Waals surface area contributed by atoms with Gasteiger partial charge in [-0.05, 0) is 6.42 Å². The van der Waals surface area contributed by atoms with Gasteiger partial charge in [0.2, 0.25) is 5.92 Å². The molecular formula is C4H7F2K. The van der Waals surface area contributed by atoms with Gasteiger partial charge >= 0.3 is 51.4 Å². The molecule has 0 amide bonds. The van der Waals surface area contributed by atoms with Crippen molar-refractivity contribution in [1.82, 2.24) is 0 Å². The van der Waals surface area contributed by atoms with Crippen molar-refractivity contribution in [2.24, 2.45) is 0 Å². The molecule has 1 rings (SSSR count). The summed E-state index contributed by atoms with van der Waals surface area (Å²) in [4.78, 5) is 0. The van der Waals surface area contributed by atoms with Gasteiger partial charge in [0.25, 0.3) is 0 Å². The fourth-order valence-electron chi connectivity index (χ4n) is 0.444. The first-order valence-electron chi connectivity index (χ1n) is 2.09. The standard InChI is InChI=1S/C4H6F2.K.H/c5-4(6)2-1-3-4;;/h1-3H2;;. The van der Waals surface area contributed by atoms with Crippen molar-refractivity contribution >= 4 is 51.4 Å². The average molecular weight is 132 g/mol. The Balaban J connectivity index is 0.000000360. The van der Waals surface area contributed by atoms with Crippen LogP contribution < -0.4 is 0 Å². The summed E-state index contributed by atoms with van der Waals surface area (Å²) in [5.41, 5.74) is 0. The number of rotatable bonds is 0. The minimum atomic E-state index is -2.28. The third-order valence-corrected chi connectivity index (χ3v) is 1.09. The zero-order valence-corrected chi connectivity index (χ0v) is 3.38. The van der Waals surface area contributed by atoms with Gasteiger partial charge in [0.05, 0.1) is 0 Å². The van der Waals surface area contributed by atoms with E-state index in [4.69, 9.17) is 0 Å². The predicted molar refractivity (Wildman–Crippen MR) is 25.9 cm³/mol. The van der Waals surface area contributed by atoms with E-state index < -0.39 is 5.92 Å². The molecule has 3 heteroatoms. The summed E-state index contributed by atoms with van der Waals surface area (Å²) in [5, 5.41) is 0. The Morgan fingerprint density at radius 2 is 1.43 bits per heavy atom. The maximum atomic E-state index is 11.5. The van der Waals surface area contributed by atoms with Gasteiger partial charge in [-0.3, -0.25) is 0 Å². The molecule has 0 aromatic rings. The van der Waals surface area contributed by atoms with E-state index in [1.54, 1.807) is 0 Å². The molecular weight excluding hydrogens is 125 g/mol. The van der Waals surface area contributed by atoms with Gasteiger partial charge in [0.15, 0.2) is 0 Å². The van der Waals surface area contributed by atoms with Crippen molar-refractivity contribution in [3.05, 3.63) is 0 Å². The van der Waals surface area contributed by atoms with Crippen LogP contribution in [0.5, 0.6) is 0 Å². The third kappa shape index (κ3) is 2.51. The Kier molecular flexibility index (Phi) is 3.49. The van der Waals surface area contributed by atoms with Gasteiger partial charge < -0.3 is 0 Å². The Bertz CT molecular complexity index is 56.7. The maximum absolute atomic E-state index is 11.5. The van der Waals surface area contributed by atoms with Crippen LogP contribution in [0.4, 0.5) is 8.78 Å². The van der Waals surface area contributed by atoms with E-state index in [1.807, 2.05) is 0 Å². The van der Waals surface area contributed by atoms with E-state index in [2.05, 4.69) is 0 Å². The molecule has 0 radical (unpaired) electrons. The molecule has 1 aliphatic rings. The van der Waals surface area contributed by atoms with Gasteiger partial charge in [-0.1, -0.05) is 0 Å². The molecule has 38 valence electrons. The van der Waals surface area contributed by atoms with Crippen molar-refractivity contribution in [3.63, 3.8) is 0 Å². The zero-order valence-electron chi connectivity index (χ0n) is 3.38. The zero-order chi connectivity index (χ0) is 4.62. The van der Waals surface area contributed by atoms with E-state index in [0.717, 1.165) is 0 Å². The summed E-state index contributed by atoms with van der Waals surface area (Å²) >= 11 is 0. The summed E-state index contributed by atoms with van der Waals surface area (Å²) < 4.78 is 23.1. The van der Waals surface area contributed by atoms with E-state index in [9.17, 15) is 8.78 Å². The molecule has 0 atom stereocenters. The van der Waals surface area contributed by atoms with Crippen LogP contribution in [0.15, 0.2) is 0 Å². The summed E-state index contributed by atoms with van der Waals surface area (Å²) in [6.07, 6.45) is 0.951. The van der Waals surface area contributed by atoms with Crippen molar-refractivity contribution in [2.45, 2.75) is 25.2 Å². The molecule has 0 heterocycles. The molecule has 0 aromatic heterocycles. The van der Waals surface area contributed by atoms with Gasteiger partial charge in [-0.2, -0.15) is 0 Å².